The van der Waals surface area contributed by atoms with Gasteiger partial charge < -0.3 is 15.1 Å². The maximum absolute atomic E-state index is 10.9. The lowest BCUT2D eigenvalue weighted by Gasteiger charge is -2.32. The van der Waals surface area contributed by atoms with Gasteiger partial charge in [0.2, 0.25) is 12.4 Å². The van der Waals surface area contributed by atoms with Crippen LogP contribution in [0.4, 0.5) is 11.8 Å². The molecular weight excluding hydrogens is 338 g/mol. The van der Waals surface area contributed by atoms with E-state index in [4.69, 9.17) is 9.97 Å². The summed E-state index contributed by atoms with van der Waals surface area (Å²) in [6.45, 7) is 3.72. The number of para-hydroxylation sites is 1. The number of nitrogens with one attached hydrogen (secondary N) is 1. The molecule has 4 rings (SSSR count). The van der Waals surface area contributed by atoms with Crippen molar-refractivity contribution in [3.05, 3.63) is 60.2 Å². The smallest absolute Gasteiger partial charge is 0.228 e. The molecule has 1 aliphatic heterocycles. The lowest BCUT2D eigenvalue weighted by Crippen LogP contribution is -2.46. The highest BCUT2D eigenvalue weighted by atomic mass is 16.1. The van der Waals surface area contributed by atoms with Crippen molar-refractivity contribution in [3.8, 4) is 0 Å². The maximum Gasteiger partial charge on any atom is 0.228 e. The van der Waals surface area contributed by atoms with Gasteiger partial charge in [0, 0.05) is 38.1 Å². The Labute approximate surface area is 158 Å². The van der Waals surface area contributed by atoms with Crippen LogP contribution in [0, 0.1) is 0 Å². The molecule has 3 aromatic rings. The molecule has 6 nitrogen and oxygen atoms in total. The molecule has 2 heterocycles. The summed E-state index contributed by atoms with van der Waals surface area (Å²) in [6, 6.07) is 18.5. The number of amides is 1. The number of nitrogens with zero attached hydrogens (tertiary/aromatic N) is 4. The fraction of sp³-hybridized carbons (Fsp3) is 0.286. The van der Waals surface area contributed by atoms with Crippen LogP contribution in [0.25, 0.3) is 10.9 Å². The van der Waals surface area contributed by atoms with Gasteiger partial charge >= 0.3 is 0 Å². The Morgan fingerprint density at radius 2 is 1.67 bits per heavy atom. The summed E-state index contributed by atoms with van der Waals surface area (Å²) >= 11 is 0. The standard InChI is InChI=1S/C21H23N5O/c27-16-25-12-14-26(15-13-25)21-23-19-9-5-4-8-18(19)20(24-21)22-11-10-17-6-2-1-3-7-17/h1-9,16H,10-15H2,(H,22,23,24). The van der Waals surface area contributed by atoms with E-state index in [0.29, 0.717) is 13.1 Å². The lowest BCUT2D eigenvalue weighted by molar-refractivity contribution is -0.118. The first-order chi connectivity index (χ1) is 13.3. The van der Waals surface area contributed by atoms with E-state index in [9.17, 15) is 4.79 Å². The van der Waals surface area contributed by atoms with E-state index in [0.717, 1.165) is 55.1 Å². The van der Waals surface area contributed by atoms with Gasteiger partial charge in [-0.25, -0.2) is 4.98 Å². The molecule has 27 heavy (non-hydrogen) atoms. The van der Waals surface area contributed by atoms with Crippen LogP contribution in [0.2, 0.25) is 0 Å². The van der Waals surface area contributed by atoms with Crippen molar-refractivity contribution in [3.63, 3.8) is 0 Å². The summed E-state index contributed by atoms with van der Waals surface area (Å²) in [5.74, 6) is 1.59. The second-order valence-electron chi connectivity index (χ2n) is 6.68. The van der Waals surface area contributed by atoms with Gasteiger partial charge in [-0.1, -0.05) is 42.5 Å². The Bertz CT molecular complexity index is 907. The van der Waals surface area contributed by atoms with Gasteiger partial charge in [0.15, 0.2) is 0 Å². The number of fused-ring (bicyclic) bond motifs is 1. The summed E-state index contributed by atoms with van der Waals surface area (Å²) in [4.78, 5) is 24.4. The molecule has 1 aromatic heterocycles. The van der Waals surface area contributed by atoms with Gasteiger partial charge in [-0.15, -0.1) is 0 Å². The average Bonchev–Trinajstić information content (AvgIpc) is 2.74. The van der Waals surface area contributed by atoms with Crippen molar-refractivity contribution in [1.82, 2.24) is 14.9 Å². The van der Waals surface area contributed by atoms with Crippen LogP contribution in [-0.2, 0) is 11.2 Å². The van der Waals surface area contributed by atoms with Crippen LogP contribution in [0.15, 0.2) is 54.6 Å². The minimum atomic E-state index is 0.705. The fourth-order valence-corrected chi connectivity index (χ4v) is 3.34. The Morgan fingerprint density at radius 3 is 2.44 bits per heavy atom. The maximum atomic E-state index is 10.9. The predicted molar refractivity (Wildman–Crippen MR) is 108 cm³/mol. The van der Waals surface area contributed by atoms with Gasteiger partial charge in [-0.3, -0.25) is 4.79 Å². The van der Waals surface area contributed by atoms with E-state index in [-0.39, 0.29) is 0 Å². The molecule has 0 spiro atoms. The molecular formula is C21H23N5O. The molecule has 0 atom stereocenters. The number of carbonyl (C=O) groups excluding carboxylic acids is 1. The molecule has 138 valence electrons. The number of hydrogen-bond donors (Lipinski definition) is 1. The Balaban J connectivity index is 1.54. The topological polar surface area (TPSA) is 61.4 Å². The van der Waals surface area contributed by atoms with Crippen molar-refractivity contribution in [2.45, 2.75) is 6.42 Å². The summed E-state index contributed by atoms with van der Waals surface area (Å²) in [5.41, 5.74) is 2.23. The summed E-state index contributed by atoms with van der Waals surface area (Å²) < 4.78 is 0. The van der Waals surface area contributed by atoms with E-state index in [1.165, 1.54) is 5.56 Å². The second kappa shape index (κ2) is 8.03. The van der Waals surface area contributed by atoms with E-state index in [1.807, 2.05) is 30.3 Å². The third-order valence-electron chi connectivity index (χ3n) is 4.89. The zero-order valence-electron chi connectivity index (χ0n) is 15.2. The van der Waals surface area contributed by atoms with Crippen LogP contribution in [0.1, 0.15) is 5.56 Å². The van der Waals surface area contributed by atoms with Crippen LogP contribution in [0.3, 0.4) is 0 Å². The first kappa shape index (κ1) is 17.3. The predicted octanol–water partition coefficient (Wildman–Crippen LogP) is 2.56. The first-order valence-corrected chi connectivity index (χ1v) is 9.32. The van der Waals surface area contributed by atoms with Crippen LogP contribution in [-0.4, -0.2) is 54.0 Å². The molecule has 0 radical (unpaired) electrons. The highest BCUT2D eigenvalue weighted by molar-refractivity contribution is 5.90. The minimum Gasteiger partial charge on any atom is -0.369 e. The average molecular weight is 361 g/mol. The third-order valence-corrected chi connectivity index (χ3v) is 4.89. The van der Waals surface area contributed by atoms with Crippen LogP contribution < -0.4 is 10.2 Å². The summed E-state index contributed by atoms with van der Waals surface area (Å²) in [6.07, 6.45) is 1.85. The number of rotatable bonds is 6. The van der Waals surface area contributed by atoms with E-state index >= 15 is 0 Å². The summed E-state index contributed by atoms with van der Waals surface area (Å²) in [5, 5.41) is 4.52. The number of aromatic nitrogens is 2. The number of carbonyl (C=O) groups is 1. The largest absolute Gasteiger partial charge is 0.369 e. The molecule has 0 unspecified atom stereocenters. The normalized spacial score (nSPS) is 14.4. The molecule has 0 saturated carbocycles. The molecule has 0 aliphatic carbocycles. The molecule has 1 fully saturated rings. The molecule has 6 heteroatoms. The molecule has 1 N–H and O–H groups in total. The molecule has 2 aromatic carbocycles. The minimum absolute atomic E-state index is 0.705. The van der Waals surface area contributed by atoms with Crippen molar-refractivity contribution < 1.29 is 4.79 Å². The SMILES string of the molecule is O=CN1CCN(c2nc(NCCc3ccccc3)c3ccccc3n2)CC1. The molecule has 1 amide bonds. The van der Waals surface area contributed by atoms with E-state index < -0.39 is 0 Å². The number of anilines is 2. The zero-order valence-corrected chi connectivity index (χ0v) is 15.2. The molecule has 0 bridgehead atoms. The molecule has 1 aliphatic rings. The Morgan fingerprint density at radius 1 is 0.926 bits per heavy atom. The monoisotopic (exact) mass is 361 g/mol. The third kappa shape index (κ3) is 4.00. The van der Waals surface area contributed by atoms with Gasteiger partial charge in [0.25, 0.3) is 0 Å². The quantitative estimate of drug-likeness (QED) is 0.684. The van der Waals surface area contributed by atoms with Gasteiger partial charge in [-0.2, -0.15) is 4.98 Å². The summed E-state index contributed by atoms with van der Waals surface area (Å²) in [7, 11) is 0. The second-order valence-corrected chi connectivity index (χ2v) is 6.68. The number of benzene rings is 2. The lowest BCUT2D eigenvalue weighted by atomic mass is 10.1. The fourth-order valence-electron chi connectivity index (χ4n) is 3.34. The highest BCUT2D eigenvalue weighted by Gasteiger charge is 2.19. The van der Waals surface area contributed by atoms with Gasteiger partial charge in [0.05, 0.1) is 5.52 Å². The molecule has 1 saturated heterocycles. The number of piperazine rings is 1. The highest BCUT2D eigenvalue weighted by Crippen LogP contribution is 2.24. The van der Waals surface area contributed by atoms with Crippen molar-refractivity contribution in [2.75, 3.05) is 42.9 Å². The van der Waals surface area contributed by atoms with E-state index in [2.05, 4.69) is 34.5 Å². The van der Waals surface area contributed by atoms with Gasteiger partial charge in [0.1, 0.15) is 5.82 Å². The van der Waals surface area contributed by atoms with Crippen molar-refractivity contribution in [2.24, 2.45) is 0 Å². The Kier molecular flexibility index (Phi) is 5.14. The van der Waals surface area contributed by atoms with Crippen LogP contribution in [0.5, 0.6) is 0 Å². The Hall–Kier alpha value is -3.15. The van der Waals surface area contributed by atoms with Crippen molar-refractivity contribution >= 4 is 29.1 Å². The first-order valence-electron chi connectivity index (χ1n) is 9.32. The van der Waals surface area contributed by atoms with Crippen LogP contribution >= 0.6 is 0 Å². The van der Waals surface area contributed by atoms with E-state index in [1.54, 1.807) is 4.90 Å². The number of hydrogen-bond acceptors (Lipinski definition) is 5. The van der Waals surface area contributed by atoms with Gasteiger partial charge in [-0.05, 0) is 24.1 Å². The van der Waals surface area contributed by atoms with Crippen molar-refractivity contribution in [1.29, 1.82) is 0 Å². The zero-order chi connectivity index (χ0) is 18.5.